The maximum Gasteiger partial charge on any atom is 0.336 e. The highest BCUT2D eigenvalue weighted by Gasteiger charge is 2.38. The van der Waals surface area contributed by atoms with Gasteiger partial charge < -0.3 is 14.6 Å². The van der Waals surface area contributed by atoms with E-state index in [2.05, 4.69) is 13.2 Å². The monoisotopic (exact) mass is 270 g/mol. The molecule has 0 rings (SSSR count). The molecule has 0 aromatic rings. The van der Waals surface area contributed by atoms with Crippen molar-refractivity contribution in [3.8, 4) is 0 Å². The first kappa shape index (κ1) is 17.4. The Bertz CT molecular complexity index is 342. The molecule has 0 unspecified atom stereocenters. The van der Waals surface area contributed by atoms with E-state index in [0.29, 0.717) is 6.42 Å². The van der Waals surface area contributed by atoms with Crippen molar-refractivity contribution in [2.75, 3.05) is 6.61 Å². The van der Waals surface area contributed by atoms with Crippen LogP contribution in [0.4, 0.5) is 0 Å². The van der Waals surface area contributed by atoms with E-state index < -0.39 is 24.3 Å². The lowest BCUT2D eigenvalue weighted by atomic mass is 10.1. The largest absolute Gasteiger partial charge is 0.417 e. The zero-order chi connectivity index (χ0) is 15.1. The van der Waals surface area contributed by atoms with Crippen LogP contribution in [0.1, 0.15) is 40.0 Å². The third-order valence-corrected chi connectivity index (χ3v) is 2.41. The van der Waals surface area contributed by atoms with E-state index in [-0.39, 0.29) is 17.6 Å². The fourth-order valence-electron chi connectivity index (χ4n) is 1.22. The topological polar surface area (TPSA) is 72.8 Å². The smallest absolute Gasteiger partial charge is 0.336 e. The highest BCUT2D eigenvalue weighted by molar-refractivity contribution is 5.89. The van der Waals surface area contributed by atoms with Gasteiger partial charge in [-0.1, -0.05) is 26.5 Å². The molecule has 0 aromatic heterocycles. The molecular formula is C14H22O5. The molecular weight excluding hydrogens is 248 g/mol. The molecule has 1 N–H and O–H groups in total. The van der Waals surface area contributed by atoms with Crippen LogP contribution in [0, 0.1) is 0 Å². The molecule has 5 nitrogen and oxygen atoms in total. The zero-order valence-corrected chi connectivity index (χ0v) is 11.8. The van der Waals surface area contributed by atoms with Crippen molar-refractivity contribution in [3.63, 3.8) is 0 Å². The summed E-state index contributed by atoms with van der Waals surface area (Å²) in [5, 5.41) is 9.45. The van der Waals surface area contributed by atoms with Crippen molar-refractivity contribution in [2.45, 2.75) is 45.8 Å². The Labute approximate surface area is 113 Å². The van der Waals surface area contributed by atoms with Crippen molar-refractivity contribution >= 4 is 11.9 Å². The van der Waals surface area contributed by atoms with Crippen molar-refractivity contribution in [3.05, 3.63) is 24.3 Å². The maximum atomic E-state index is 11.6. The van der Waals surface area contributed by atoms with Crippen LogP contribution < -0.4 is 0 Å². The minimum absolute atomic E-state index is 0.167. The number of esters is 2. The number of carbonyl (C=O) groups excluding carboxylic acids is 2. The first-order chi connectivity index (χ1) is 8.78. The van der Waals surface area contributed by atoms with Gasteiger partial charge in [-0.05, 0) is 20.3 Å². The lowest BCUT2D eigenvalue weighted by Crippen LogP contribution is -2.44. The van der Waals surface area contributed by atoms with E-state index in [1.165, 1.54) is 13.8 Å². The normalized spacial score (nSPS) is 10.7. The molecule has 0 fully saturated rings. The SMILES string of the molecule is C=C(C)C(=O)OC(CO)(CCCC)OC(=O)C(=C)C. The number of hydrogen-bond acceptors (Lipinski definition) is 5. The van der Waals surface area contributed by atoms with Gasteiger partial charge in [-0.15, -0.1) is 0 Å². The van der Waals surface area contributed by atoms with E-state index in [0.717, 1.165) is 6.42 Å². The summed E-state index contributed by atoms with van der Waals surface area (Å²) in [7, 11) is 0. The Morgan fingerprint density at radius 3 is 1.79 bits per heavy atom. The predicted molar refractivity (Wildman–Crippen MR) is 71.2 cm³/mol. The van der Waals surface area contributed by atoms with Crippen LogP contribution >= 0.6 is 0 Å². The molecule has 5 heteroatoms. The first-order valence-electron chi connectivity index (χ1n) is 6.16. The van der Waals surface area contributed by atoms with Gasteiger partial charge in [-0.3, -0.25) is 0 Å². The molecule has 0 aliphatic rings. The van der Waals surface area contributed by atoms with Crippen LogP contribution in [0.3, 0.4) is 0 Å². The molecule has 0 aliphatic heterocycles. The maximum absolute atomic E-state index is 11.6. The first-order valence-corrected chi connectivity index (χ1v) is 6.16. The summed E-state index contributed by atoms with van der Waals surface area (Å²) >= 11 is 0. The number of hydrogen-bond donors (Lipinski definition) is 1. The molecule has 19 heavy (non-hydrogen) atoms. The lowest BCUT2D eigenvalue weighted by Gasteiger charge is -2.31. The van der Waals surface area contributed by atoms with E-state index in [9.17, 15) is 14.7 Å². The highest BCUT2D eigenvalue weighted by Crippen LogP contribution is 2.23. The Kier molecular flexibility index (Phi) is 7.08. The minimum atomic E-state index is -1.66. The van der Waals surface area contributed by atoms with Crippen molar-refractivity contribution < 1.29 is 24.2 Å². The molecule has 0 saturated heterocycles. The average molecular weight is 270 g/mol. The van der Waals surface area contributed by atoms with Gasteiger partial charge in [-0.25, -0.2) is 9.59 Å². The zero-order valence-electron chi connectivity index (χ0n) is 11.8. The van der Waals surface area contributed by atoms with Gasteiger partial charge in [-0.2, -0.15) is 0 Å². The van der Waals surface area contributed by atoms with E-state index in [1.807, 2.05) is 6.92 Å². The second-order valence-corrected chi connectivity index (χ2v) is 4.51. The van der Waals surface area contributed by atoms with Gasteiger partial charge in [0.05, 0.1) is 0 Å². The van der Waals surface area contributed by atoms with Gasteiger partial charge in [0.25, 0.3) is 5.79 Å². The molecule has 0 atom stereocenters. The number of carbonyl (C=O) groups is 2. The van der Waals surface area contributed by atoms with Crippen molar-refractivity contribution in [1.29, 1.82) is 0 Å². The lowest BCUT2D eigenvalue weighted by molar-refractivity contribution is -0.238. The fourth-order valence-corrected chi connectivity index (χ4v) is 1.22. The molecule has 0 aromatic carbocycles. The van der Waals surface area contributed by atoms with E-state index in [4.69, 9.17) is 9.47 Å². The quantitative estimate of drug-likeness (QED) is 0.415. The standard InChI is InChI=1S/C14H22O5/c1-6-7-8-14(9-15,18-12(16)10(2)3)19-13(17)11(4)5/h15H,2,4,6-9H2,1,3,5H3. The van der Waals surface area contributed by atoms with Crippen LogP contribution in [0.5, 0.6) is 0 Å². The summed E-state index contributed by atoms with van der Waals surface area (Å²) in [6.07, 6.45) is 1.66. The number of aliphatic hydroxyl groups excluding tert-OH is 1. The molecule has 0 radical (unpaired) electrons. The molecule has 0 saturated carbocycles. The molecule has 0 spiro atoms. The molecule has 0 aliphatic carbocycles. The van der Waals surface area contributed by atoms with Gasteiger partial charge in [0, 0.05) is 17.6 Å². The van der Waals surface area contributed by atoms with Gasteiger partial charge >= 0.3 is 11.9 Å². The van der Waals surface area contributed by atoms with Gasteiger partial charge in [0.1, 0.15) is 6.61 Å². The summed E-state index contributed by atoms with van der Waals surface area (Å²) in [4.78, 5) is 23.2. The second-order valence-electron chi connectivity index (χ2n) is 4.51. The van der Waals surface area contributed by atoms with E-state index in [1.54, 1.807) is 0 Å². The fraction of sp³-hybridized carbons (Fsp3) is 0.571. The third kappa shape index (κ3) is 5.70. The van der Waals surface area contributed by atoms with Crippen LogP contribution in [-0.2, 0) is 19.1 Å². The van der Waals surface area contributed by atoms with Crippen molar-refractivity contribution in [2.24, 2.45) is 0 Å². The Morgan fingerprint density at radius 2 is 1.53 bits per heavy atom. The van der Waals surface area contributed by atoms with Crippen molar-refractivity contribution in [1.82, 2.24) is 0 Å². The number of rotatable bonds is 8. The summed E-state index contributed by atoms with van der Waals surface area (Å²) < 4.78 is 10.2. The van der Waals surface area contributed by atoms with Gasteiger partial charge in [0.15, 0.2) is 0 Å². The summed E-state index contributed by atoms with van der Waals surface area (Å²) in [6, 6.07) is 0. The minimum Gasteiger partial charge on any atom is -0.417 e. The van der Waals surface area contributed by atoms with Gasteiger partial charge in [0.2, 0.25) is 0 Å². The van der Waals surface area contributed by atoms with Crippen LogP contribution in [0.15, 0.2) is 24.3 Å². The molecule has 0 heterocycles. The predicted octanol–water partition coefficient (Wildman–Crippen LogP) is 2.10. The van der Waals surface area contributed by atoms with E-state index >= 15 is 0 Å². The van der Waals surface area contributed by atoms with Crippen LogP contribution in [0.25, 0.3) is 0 Å². The average Bonchev–Trinajstić information content (AvgIpc) is 2.35. The number of aliphatic hydroxyl groups is 1. The molecule has 0 bridgehead atoms. The Morgan fingerprint density at radius 1 is 1.11 bits per heavy atom. The summed E-state index contributed by atoms with van der Waals surface area (Å²) in [6.45, 7) is 11.2. The Balaban J connectivity index is 5.06. The summed E-state index contributed by atoms with van der Waals surface area (Å²) in [5.74, 6) is -3.08. The summed E-state index contributed by atoms with van der Waals surface area (Å²) in [5.41, 5.74) is 0.335. The number of unbranched alkanes of at least 4 members (excludes halogenated alkanes) is 1. The third-order valence-electron chi connectivity index (χ3n) is 2.41. The molecule has 0 amide bonds. The second kappa shape index (κ2) is 7.74. The molecule has 108 valence electrons. The number of ether oxygens (including phenoxy) is 2. The highest BCUT2D eigenvalue weighted by atomic mass is 16.7. The van der Waals surface area contributed by atoms with Crippen LogP contribution in [0.2, 0.25) is 0 Å². The Hall–Kier alpha value is -1.62. The van der Waals surface area contributed by atoms with Crippen LogP contribution in [-0.4, -0.2) is 29.4 Å².